The molecule has 0 N–H and O–H groups in total. The van der Waals surface area contributed by atoms with Gasteiger partial charge >= 0.3 is 9.08 Å². The molecule has 0 bridgehead atoms. The van der Waals surface area contributed by atoms with Gasteiger partial charge in [0.25, 0.3) is 0 Å². The van der Waals surface area contributed by atoms with Crippen molar-refractivity contribution in [2.45, 2.75) is 37.1 Å². The molecular weight excluding hydrogens is 235 g/mol. The fourth-order valence-corrected chi connectivity index (χ4v) is 3.37. The third kappa shape index (κ3) is 10.2. The van der Waals surface area contributed by atoms with Crippen molar-refractivity contribution in [3.63, 3.8) is 0 Å². The number of unbranched alkanes of at least 4 members (excludes halogenated alkanes) is 1. The minimum absolute atomic E-state index is 0.176. The molecule has 0 aliphatic rings. The van der Waals surface area contributed by atoms with Gasteiger partial charge in [-0.05, 0) is 12.5 Å². The Labute approximate surface area is 84.2 Å². The predicted octanol–water partition coefficient (Wildman–Crippen LogP) is 2.93. The van der Waals surface area contributed by atoms with Crippen molar-refractivity contribution in [2.24, 2.45) is 0 Å². The number of hydrogen-bond acceptors (Lipinski definition) is 0. The van der Waals surface area contributed by atoms with Crippen LogP contribution < -0.4 is 0 Å². The summed E-state index contributed by atoms with van der Waals surface area (Å²) in [6.45, 7) is -0.956. The first kappa shape index (κ1) is 14.1. The van der Waals surface area contributed by atoms with E-state index in [4.69, 9.17) is 0 Å². The molecule has 0 nitrogen and oxygen atoms in total. The van der Waals surface area contributed by atoms with Crippen LogP contribution in [0.3, 0.4) is 0 Å². The second kappa shape index (κ2) is 7.39. The third-order valence-electron chi connectivity index (χ3n) is 1.90. The number of alkyl halides is 2. The predicted molar refractivity (Wildman–Crippen MR) is 52.1 cm³/mol. The van der Waals surface area contributed by atoms with Gasteiger partial charge in [0.2, 0.25) is 0 Å². The summed E-state index contributed by atoms with van der Waals surface area (Å²) in [7, 11) is -6.04. The molecule has 0 saturated carbocycles. The van der Waals surface area contributed by atoms with Gasteiger partial charge in [-0.25, -0.2) is 21.1 Å². The minimum atomic E-state index is -5.36. The maximum absolute atomic E-state index is 12.3. The molecule has 0 spiro atoms. The molecule has 0 aromatic heterocycles. The van der Waals surface area contributed by atoms with Crippen molar-refractivity contribution in [1.82, 2.24) is 0 Å². The van der Waals surface area contributed by atoms with Crippen LogP contribution in [0.2, 0.25) is 18.1 Å². The molecule has 0 fully saturated rings. The molecule has 0 rings (SSSR count). The Kier molecular flexibility index (Phi) is 7.43. The fraction of sp³-hybridized carbons (Fsp3) is 1.00. The zero-order chi connectivity index (χ0) is 11.0. The van der Waals surface area contributed by atoms with Crippen LogP contribution in [0.25, 0.3) is 0 Å². The summed E-state index contributed by atoms with van der Waals surface area (Å²) in [4.78, 5) is 0. The Bertz CT molecular complexity index is 139. The second-order valence-electron chi connectivity index (χ2n) is 3.32. The standard InChI is InChI=1S/C7H15F5Si2/c8-5-7(9)6-13-3-1-2-4-14(10,11)12/h7H,1-6,13H2. The summed E-state index contributed by atoms with van der Waals surface area (Å²) in [5.74, 6) is 0. The van der Waals surface area contributed by atoms with Gasteiger partial charge in [-0.3, -0.25) is 0 Å². The van der Waals surface area contributed by atoms with Gasteiger partial charge in [0.1, 0.15) is 12.8 Å². The topological polar surface area (TPSA) is 0 Å². The molecule has 86 valence electrons. The molecule has 0 amide bonds. The monoisotopic (exact) mass is 250 g/mol. The first-order valence-corrected chi connectivity index (χ1v) is 8.56. The Morgan fingerprint density at radius 2 is 1.79 bits per heavy atom. The third-order valence-corrected chi connectivity index (χ3v) is 4.85. The van der Waals surface area contributed by atoms with E-state index < -0.39 is 37.5 Å². The Hall–Kier alpha value is 0.0838. The second-order valence-corrected chi connectivity index (χ2v) is 7.04. The smallest absolute Gasteiger partial charge is 0.248 e. The normalized spacial score (nSPS) is 15.2. The van der Waals surface area contributed by atoms with Crippen molar-refractivity contribution >= 4 is 18.6 Å². The zero-order valence-electron chi connectivity index (χ0n) is 7.92. The van der Waals surface area contributed by atoms with E-state index in [1.165, 1.54) is 0 Å². The molecule has 0 heterocycles. The fourth-order valence-electron chi connectivity index (χ4n) is 1.12. The molecule has 0 aliphatic carbocycles. The van der Waals surface area contributed by atoms with E-state index in [0.29, 0.717) is 12.5 Å². The first-order valence-electron chi connectivity index (χ1n) is 4.72. The van der Waals surface area contributed by atoms with Crippen molar-refractivity contribution in [3.05, 3.63) is 0 Å². The molecule has 0 saturated heterocycles. The lowest BCUT2D eigenvalue weighted by Crippen LogP contribution is -2.13. The molecule has 14 heavy (non-hydrogen) atoms. The molecule has 1 atom stereocenters. The summed E-state index contributed by atoms with van der Waals surface area (Å²) in [5.41, 5.74) is 0. The summed E-state index contributed by atoms with van der Waals surface area (Å²) < 4.78 is 59.3. The Morgan fingerprint density at radius 3 is 2.29 bits per heavy atom. The molecule has 0 aromatic carbocycles. The molecule has 0 aromatic rings. The van der Waals surface area contributed by atoms with Crippen LogP contribution in [0, 0.1) is 0 Å². The van der Waals surface area contributed by atoms with Crippen molar-refractivity contribution in [1.29, 1.82) is 0 Å². The van der Waals surface area contributed by atoms with Crippen LogP contribution in [0.1, 0.15) is 12.8 Å². The average Bonchev–Trinajstić information content (AvgIpc) is 2.08. The van der Waals surface area contributed by atoms with Crippen molar-refractivity contribution in [3.8, 4) is 0 Å². The molecule has 0 aliphatic heterocycles. The Morgan fingerprint density at radius 1 is 1.14 bits per heavy atom. The lowest BCUT2D eigenvalue weighted by atomic mass is 10.4. The molecule has 0 radical (unpaired) electrons. The van der Waals surface area contributed by atoms with Crippen LogP contribution in [0.4, 0.5) is 21.1 Å². The molecular formula is C7H15F5Si2. The van der Waals surface area contributed by atoms with Gasteiger partial charge in [0.15, 0.2) is 0 Å². The van der Waals surface area contributed by atoms with E-state index in [2.05, 4.69) is 0 Å². The SMILES string of the molecule is FCC(F)C[SiH2]CCCC[Si](F)(F)F. The van der Waals surface area contributed by atoms with Crippen LogP contribution in [-0.2, 0) is 0 Å². The van der Waals surface area contributed by atoms with Gasteiger partial charge in [0, 0.05) is 15.6 Å². The first-order chi connectivity index (χ1) is 6.45. The van der Waals surface area contributed by atoms with Crippen LogP contribution in [-0.4, -0.2) is 31.4 Å². The van der Waals surface area contributed by atoms with Crippen LogP contribution in [0.5, 0.6) is 0 Å². The maximum Gasteiger partial charge on any atom is 0.616 e. The number of halogens is 5. The summed E-state index contributed by atoms with van der Waals surface area (Å²) in [5, 5.41) is 0. The van der Waals surface area contributed by atoms with Crippen molar-refractivity contribution in [2.75, 3.05) is 6.67 Å². The minimum Gasteiger partial charge on any atom is -0.248 e. The quantitative estimate of drug-likeness (QED) is 0.269. The molecule has 7 heteroatoms. The largest absolute Gasteiger partial charge is 0.616 e. The van der Waals surface area contributed by atoms with Gasteiger partial charge in [-0.1, -0.05) is 12.5 Å². The lowest BCUT2D eigenvalue weighted by Gasteiger charge is -2.03. The van der Waals surface area contributed by atoms with Crippen LogP contribution >= 0.6 is 0 Å². The van der Waals surface area contributed by atoms with E-state index in [-0.39, 0.29) is 12.5 Å². The van der Waals surface area contributed by atoms with E-state index in [9.17, 15) is 21.1 Å². The van der Waals surface area contributed by atoms with Gasteiger partial charge in [0.05, 0.1) is 0 Å². The highest BCUT2D eigenvalue weighted by atomic mass is 28.5. The number of hydrogen-bond donors (Lipinski definition) is 0. The van der Waals surface area contributed by atoms with E-state index in [1.54, 1.807) is 0 Å². The average molecular weight is 250 g/mol. The van der Waals surface area contributed by atoms with E-state index in [0.717, 1.165) is 0 Å². The highest BCUT2D eigenvalue weighted by Gasteiger charge is 2.35. The van der Waals surface area contributed by atoms with Gasteiger partial charge in [-0.15, -0.1) is 0 Å². The summed E-state index contributed by atoms with van der Waals surface area (Å²) in [6, 6.07) is 0.342. The van der Waals surface area contributed by atoms with Gasteiger partial charge < -0.3 is 0 Å². The van der Waals surface area contributed by atoms with E-state index in [1.807, 2.05) is 0 Å². The lowest BCUT2D eigenvalue weighted by molar-refractivity contribution is 0.281. The highest BCUT2D eigenvalue weighted by Crippen LogP contribution is 2.18. The highest BCUT2D eigenvalue weighted by molar-refractivity contribution is 6.58. The summed E-state index contributed by atoms with van der Waals surface area (Å²) in [6.07, 6.45) is -0.675. The maximum atomic E-state index is 12.3. The summed E-state index contributed by atoms with van der Waals surface area (Å²) >= 11 is 0. The number of rotatable bonds is 8. The Balaban J connectivity index is 3.14. The van der Waals surface area contributed by atoms with E-state index >= 15 is 0 Å². The molecule has 1 unspecified atom stereocenters. The van der Waals surface area contributed by atoms with Crippen LogP contribution in [0.15, 0.2) is 0 Å². The zero-order valence-corrected chi connectivity index (χ0v) is 10.3. The van der Waals surface area contributed by atoms with Gasteiger partial charge in [-0.2, -0.15) is 0 Å². The van der Waals surface area contributed by atoms with Crippen molar-refractivity contribution < 1.29 is 21.1 Å².